The summed E-state index contributed by atoms with van der Waals surface area (Å²) in [6.45, 7) is 0.329. The number of carbonyl (C=O) groups excluding carboxylic acids is 2. The van der Waals surface area contributed by atoms with Crippen LogP contribution in [-0.4, -0.2) is 42.6 Å². The molecule has 0 bridgehead atoms. The number of methoxy groups -OCH3 is 1. The van der Waals surface area contributed by atoms with Crippen LogP contribution < -0.4 is 15.6 Å². The van der Waals surface area contributed by atoms with Gasteiger partial charge in [-0.1, -0.05) is 25.7 Å². The SMILES string of the molecule is COCCCn1cc(C(=O)c2cc(F)ccc2OCC(=O)NC2CCCCCC2)cc(C#N)c1=O. The maximum atomic E-state index is 14.1. The average molecular weight is 484 g/mol. The Morgan fingerprint density at radius 2 is 1.94 bits per heavy atom. The summed E-state index contributed by atoms with van der Waals surface area (Å²) in [7, 11) is 1.53. The van der Waals surface area contributed by atoms with Crippen molar-refractivity contribution in [2.75, 3.05) is 20.3 Å². The minimum atomic E-state index is -0.655. The number of ether oxygens (including phenoxy) is 2. The number of carbonyl (C=O) groups is 2. The first kappa shape index (κ1) is 26.1. The number of rotatable bonds is 10. The number of nitriles is 1. The van der Waals surface area contributed by atoms with Gasteiger partial charge >= 0.3 is 0 Å². The number of aryl methyl sites for hydroxylation is 1. The van der Waals surface area contributed by atoms with Crippen molar-refractivity contribution in [2.45, 2.75) is 57.5 Å². The Kier molecular flexibility index (Phi) is 9.56. The Labute approximate surface area is 203 Å². The van der Waals surface area contributed by atoms with Gasteiger partial charge in [0, 0.05) is 38.1 Å². The summed E-state index contributed by atoms with van der Waals surface area (Å²) in [4.78, 5) is 38.2. The molecule has 1 heterocycles. The molecule has 1 aromatic heterocycles. The van der Waals surface area contributed by atoms with Crippen molar-refractivity contribution in [1.82, 2.24) is 9.88 Å². The Hall–Kier alpha value is -3.51. The second kappa shape index (κ2) is 12.8. The van der Waals surface area contributed by atoms with Crippen LogP contribution in [0, 0.1) is 17.1 Å². The van der Waals surface area contributed by atoms with Crippen molar-refractivity contribution in [3.63, 3.8) is 0 Å². The molecule has 1 aliphatic rings. The molecule has 1 aliphatic carbocycles. The van der Waals surface area contributed by atoms with Gasteiger partial charge in [0.15, 0.2) is 12.4 Å². The molecule has 0 aliphatic heterocycles. The van der Waals surface area contributed by atoms with Gasteiger partial charge in [-0.05, 0) is 43.5 Å². The monoisotopic (exact) mass is 483 g/mol. The first-order chi connectivity index (χ1) is 16.9. The van der Waals surface area contributed by atoms with E-state index in [-0.39, 0.29) is 47.5 Å². The third-order valence-corrected chi connectivity index (χ3v) is 5.98. The van der Waals surface area contributed by atoms with Crippen molar-refractivity contribution in [3.05, 3.63) is 63.3 Å². The standard InChI is InChI=1S/C26H30FN3O5/c1-34-12-6-11-30-16-19(13-18(15-28)26(30)33)25(32)22-14-20(27)9-10-23(22)35-17-24(31)29-21-7-4-2-3-5-8-21/h9-10,13-14,16,21H,2-8,11-12,17H2,1H3,(H,29,31). The van der Waals surface area contributed by atoms with E-state index in [9.17, 15) is 24.0 Å². The lowest BCUT2D eigenvalue weighted by Gasteiger charge is -2.17. The van der Waals surface area contributed by atoms with Crippen LogP contribution in [0.3, 0.4) is 0 Å². The lowest BCUT2D eigenvalue weighted by atomic mass is 10.0. The predicted octanol–water partition coefficient (Wildman–Crippen LogP) is 3.34. The van der Waals surface area contributed by atoms with E-state index in [1.807, 2.05) is 0 Å². The zero-order chi connectivity index (χ0) is 25.2. The molecule has 0 radical (unpaired) electrons. The molecule has 1 aromatic carbocycles. The molecule has 0 saturated heterocycles. The van der Waals surface area contributed by atoms with Gasteiger partial charge in [-0.3, -0.25) is 14.4 Å². The lowest BCUT2D eigenvalue weighted by Crippen LogP contribution is -2.37. The molecule has 186 valence electrons. The molecule has 0 atom stereocenters. The van der Waals surface area contributed by atoms with E-state index >= 15 is 0 Å². The van der Waals surface area contributed by atoms with Crippen LogP contribution in [0.4, 0.5) is 4.39 Å². The number of benzene rings is 1. The van der Waals surface area contributed by atoms with Crippen LogP contribution in [-0.2, 0) is 16.1 Å². The van der Waals surface area contributed by atoms with Crippen molar-refractivity contribution >= 4 is 11.7 Å². The molecule has 0 spiro atoms. The quantitative estimate of drug-likeness (QED) is 0.315. The third-order valence-electron chi connectivity index (χ3n) is 5.98. The van der Waals surface area contributed by atoms with Gasteiger partial charge in [0.2, 0.25) is 0 Å². The van der Waals surface area contributed by atoms with Crippen LogP contribution in [0.5, 0.6) is 5.75 Å². The fourth-order valence-electron chi connectivity index (χ4n) is 4.18. The Bertz CT molecular complexity index is 1150. The van der Waals surface area contributed by atoms with Gasteiger partial charge < -0.3 is 19.4 Å². The smallest absolute Gasteiger partial charge is 0.268 e. The summed E-state index contributed by atoms with van der Waals surface area (Å²) < 4.78 is 25.9. The number of halogens is 1. The Morgan fingerprint density at radius 1 is 1.20 bits per heavy atom. The van der Waals surface area contributed by atoms with Gasteiger partial charge in [0.05, 0.1) is 5.56 Å². The minimum Gasteiger partial charge on any atom is -0.483 e. The first-order valence-corrected chi connectivity index (χ1v) is 11.8. The third kappa shape index (κ3) is 7.23. The zero-order valence-corrected chi connectivity index (χ0v) is 19.8. The van der Waals surface area contributed by atoms with Gasteiger partial charge in [0.1, 0.15) is 23.2 Å². The highest BCUT2D eigenvalue weighted by Gasteiger charge is 2.20. The van der Waals surface area contributed by atoms with E-state index in [0.29, 0.717) is 13.0 Å². The van der Waals surface area contributed by atoms with Crippen LogP contribution >= 0.6 is 0 Å². The van der Waals surface area contributed by atoms with E-state index in [4.69, 9.17) is 9.47 Å². The first-order valence-electron chi connectivity index (χ1n) is 11.8. The van der Waals surface area contributed by atoms with Crippen LogP contribution in [0.15, 0.2) is 35.3 Å². The molecule has 1 saturated carbocycles. The largest absolute Gasteiger partial charge is 0.483 e. The number of ketones is 1. The van der Waals surface area contributed by atoms with Crippen molar-refractivity contribution < 1.29 is 23.5 Å². The number of pyridine rings is 1. The number of nitrogens with one attached hydrogen (secondary N) is 1. The molecule has 9 heteroatoms. The summed E-state index contributed by atoms with van der Waals surface area (Å²) in [5.74, 6) is -1.54. The minimum absolute atomic E-state index is 0.0388. The molecule has 8 nitrogen and oxygen atoms in total. The average Bonchev–Trinajstić information content (AvgIpc) is 3.12. The second-order valence-corrected chi connectivity index (χ2v) is 8.61. The zero-order valence-electron chi connectivity index (χ0n) is 19.8. The molecule has 0 unspecified atom stereocenters. The maximum Gasteiger partial charge on any atom is 0.268 e. The molecule has 1 amide bonds. The Balaban J connectivity index is 1.79. The molecule has 3 rings (SSSR count). The molecule has 1 fully saturated rings. The van der Waals surface area contributed by atoms with E-state index in [1.54, 1.807) is 6.07 Å². The lowest BCUT2D eigenvalue weighted by molar-refractivity contribution is -0.123. The van der Waals surface area contributed by atoms with Gasteiger partial charge in [-0.25, -0.2) is 4.39 Å². The summed E-state index contributed by atoms with van der Waals surface area (Å²) >= 11 is 0. The fraction of sp³-hybridized carbons (Fsp3) is 0.462. The predicted molar refractivity (Wildman–Crippen MR) is 127 cm³/mol. The van der Waals surface area contributed by atoms with Crippen LogP contribution in [0.2, 0.25) is 0 Å². The summed E-state index contributed by atoms with van der Waals surface area (Å²) in [6.07, 6.45) is 8.16. The summed E-state index contributed by atoms with van der Waals surface area (Å²) in [5, 5.41) is 12.3. The number of nitrogens with zero attached hydrogens (tertiary/aromatic N) is 2. The van der Waals surface area contributed by atoms with Crippen molar-refractivity contribution in [1.29, 1.82) is 5.26 Å². The molecule has 35 heavy (non-hydrogen) atoms. The number of hydrogen-bond acceptors (Lipinski definition) is 6. The number of amides is 1. The number of aromatic nitrogens is 1. The Morgan fingerprint density at radius 3 is 2.63 bits per heavy atom. The summed E-state index contributed by atoms with van der Waals surface area (Å²) in [5.41, 5.74) is -0.781. The van der Waals surface area contributed by atoms with Gasteiger partial charge in [0.25, 0.3) is 11.5 Å². The van der Waals surface area contributed by atoms with Gasteiger partial charge in [-0.2, -0.15) is 5.26 Å². The van der Waals surface area contributed by atoms with E-state index < -0.39 is 17.2 Å². The number of hydrogen-bond donors (Lipinski definition) is 1. The maximum absolute atomic E-state index is 14.1. The van der Waals surface area contributed by atoms with Gasteiger partial charge in [-0.15, -0.1) is 0 Å². The topological polar surface area (TPSA) is 110 Å². The van der Waals surface area contributed by atoms with E-state index in [1.165, 1.54) is 30.0 Å². The fourth-order valence-corrected chi connectivity index (χ4v) is 4.18. The van der Waals surface area contributed by atoms with Crippen molar-refractivity contribution in [3.8, 4) is 11.8 Å². The highest BCUT2D eigenvalue weighted by molar-refractivity contribution is 6.10. The second-order valence-electron chi connectivity index (χ2n) is 8.61. The normalized spacial score (nSPS) is 14.1. The summed E-state index contributed by atoms with van der Waals surface area (Å²) in [6, 6.07) is 6.55. The highest BCUT2D eigenvalue weighted by atomic mass is 19.1. The van der Waals surface area contributed by atoms with Crippen LogP contribution in [0.25, 0.3) is 0 Å². The van der Waals surface area contributed by atoms with Crippen molar-refractivity contribution in [2.24, 2.45) is 0 Å². The molecular formula is C26H30FN3O5. The highest BCUT2D eigenvalue weighted by Crippen LogP contribution is 2.24. The molecule has 2 aromatic rings. The van der Waals surface area contributed by atoms with E-state index in [0.717, 1.165) is 50.7 Å². The van der Waals surface area contributed by atoms with E-state index in [2.05, 4.69) is 5.32 Å². The van der Waals surface area contributed by atoms with Crippen LogP contribution in [0.1, 0.15) is 66.4 Å². The molecular weight excluding hydrogens is 453 g/mol. The molecule has 1 N–H and O–H groups in total.